The Labute approximate surface area is 189 Å². The Bertz CT molecular complexity index is 1140. The van der Waals surface area contributed by atoms with Crippen LogP contribution >= 0.6 is 11.6 Å². The number of piperazine rings is 1. The molecule has 2 aliphatic rings. The molecule has 10 heteroatoms. The number of anilines is 4. The van der Waals surface area contributed by atoms with Crippen molar-refractivity contribution in [3.8, 4) is 11.5 Å². The molecular formula is C22H22ClFN6O2. The van der Waals surface area contributed by atoms with Crippen molar-refractivity contribution in [2.24, 2.45) is 0 Å². The summed E-state index contributed by atoms with van der Waals surface area (Å²) >= 11 is 5.87. The van der Waals surface area contributed by atoms with E-state index in [0.29, 0.717) is 23.0 Å². The Balaban J connectivity index is 1.23. The minimum Gasteiger partial charge on any atom is -0.454 e. The summed E-state index contributed by atoms with van der Waals surface area (Å²) in [6.07, 6.45) is 1.47. The van der Waals surface area contributed by atoms with Crippen LogP contribution in [0.4, 0.5) is 27.4 Å². The second kappa shape index (κ2) is 8.68. The molecule has 3 N–H and O–H groups in total. The topological polar surface area (TPSA) is 88.8 Å². The van der Waals surface area contributed by atoms with E-state index in [-0.39, 0.29) is 11.8 Å². The summed E-state index contributed by atoms with van der Waals surface area (Å²) in [5.74, 6) is 2.26. The van der Waals surface area contributed by atoms with Crippen LogP contribution in [-0.4, -0.2) is 47.8 Å². The molecule has 0 radical (unpaired) electrons. The molecule has 2 aliphatic heterocycles. The van der Waals surface area contributed by atoms with E-state index in [0.717, 1.165) is 44.2 Å². The molecule has 3 aromatic rings. The molecule has 1 fully saturated rings. The van der Waals surface area contributed by atoms with Crippen LogP contribution in [0.1, 0.15) is 5.56 Å². The van der Waals surface area contributed by atoms with Crippen LogP contribution in [0, 0.1) is 5.82 Å². The normalized spacial score (nSPS) is 15.8. The zero-order valence-corrected chi connectivity index (χ0v) is 18.0. The molecular weight excluding hydrogens is 435 g/mol. The molecule has 1 aromatic heterocycles. The lowest BCUT2D eigenvalue weighted by Gasteiger charge is -2.36. The van der Waals surface area contributed by atoms with E-state index in [4.69, 9.17) is 26.8 Å². The monoisotopic (exact) mass is 456 g/mol. The van der Waals surface area contributed by atoms with E-state index in [1.807, 2.05) is 12.1 Å². The van der Waals surface area contributed by atoms with Crippen molar-refractivity contribution in [1.82, 2.24) is 14.9 Å². The van der Waals surface area contributed by atoms with E-state index < -0.39 is 5.82 Å². The van der Waals surface area contributed by atoms with Crippen LogP contribution in [0.5, 0.6) is 11.5 Å². The van der Waals surface area contributed by atoms with E-state index in [2.05, 4.69) is 31.2 Å². The Morgan fingerprint density at radius 1 is 1.03 bits per heavy atom. The highest BCUT2D eigenvalue weighted by Gasteiger charge is 2.22. The lowest BCUT2D eigenvalue weighted by Crippen LogP contribution is -2.46. The fourth-order valence-electron chi connectivity index (χ4n) is 3.86. The number of aromatic nitrogens is 2. The number of ether oxygens (including phenoxy) is 2. The number of nitrogen functional groups attached to an aromatic ring is 1. The standard InChI is InChI=1S/C22H22ClFN6O2/c23-16-10-15(2-3-17(16)24)28-21-20(25)22(27-12-26-21)30-7-5-29(6-8-30)11-14-1-4-18-19(9-14)32-13-31-18/h1-4,9-10,12H,5-8,11,13,25H2,(H,26,27,28). The highest BCUT2D eigenvalue weighted by atomic mass is 35.5. The smallest absolute Gasteiger partial charge is 0.231 e. The van der Waals surface area contributed by atoms with Gasteiger partial charge in [0.1, 0.15) is 17.8 Å². The van der Waals surface area contributed by atoms with Crippen LogP contribution in [0.3, 0.4) is 0 Å². The predicted molar refractivity (Wildman–Crippen MR) is 121 cm³/mol. The molecule has 32 heavy (non-hydrogen) atoms. The molecule has 3 heterocycles. The Morgan fingerprint density at radius 2 is 1.84 bits per heavy atom. The third kappa shape index (κ3) is 4.21. The fraction of sp³-hybridized carbons (Fsp3) is 0.273. The van der Waals surface area contributed by atoms with Gasteiger partial charge in [-0.1, -0.05) is 17.7 Å². The molecule has 1 saturated heterocycles. The lowest BCUT2D eigenvalue weighted by molar-refractivity contribution is 0.174. The molecule has 0 unspecified atom stereocenters. The summed E-state index contributed by atoms with van der Waals surface area (Å²) in [6.45, 7) is 4.42. The zero-order chi connectivity index (χ0) is 22.1. The van der Waals surface area contributed by atoms with Gasteiger partial charge in [0.05, 0.1) is 5.02 Å². The summed E-state index contributed by atoms with van der Waals surface area (Å²) in [4.78, 5) is 13.2. The van der Waals surface area contributed by atoms with Gasteiger partial charge < -0.3 is 25.4 Å². The number of benzene rings is 2. The second-order valence-corrected chi connectivity index (χ2v) is 8.07. The van der Waals surface area contributed by atoms with Gasteiger partial charge in [0, 0.05) is 38.4 Å². The predicted octanol–water partition coefficient (Wildman–Crippen LogP) is 3.65. The van der Waals surface area contributed by atoms with Crippen molar-refractivity contribution >= 4 is 34.6 Å². The largest absolute Gasteiger partial charge is 0.454 e. The van der Waals surface area contributed by atoms with Gasteiger partial charge in [0.25, 0.3) is 0 Å². The van der Waals surface area contributed by atoms with Crippen molar-refractivity contribution in [3.05, 3.63) is 59.1 Å². The molecule has 0 spiro atoms. The average molecular weight is 457 g/mol. The van der Waals surface area contributed by atoms with Gasteiger partial charge in [0.15, 0.2) is 23.1 Å². The zero-order valence-electron chi connectivity index (χ0n) is 17.2. The van der Waals surface area contributed by atoms with E-state index in [1.165, 1.54) is 24.0 Å². The fourth-order valence-corrected chi connectivity index (χ4v) is 4.04. The highest BCUT2D eigenvalue weighted by Crippen LogP contribution is 2.33. The first-order chi connectivity index (χ1) is 15.6. The van der Waals surface area contributed by atoms with Crippen LogP contribution < -0.4 is 25.4 Å². The number of nitrogens with zero attached hydrogens (tertiary/aromatic N) is 4. The molecule has 5 rings (SSSR count). The molecule has 166 valence electrons. The highest BCUT2D eigenvalue weighted by molar-refractivity contribution is 6.31. The van der Waals surface area contributed by atoms with Crippen molar-refractivity contribution in [3.63, 3.8) is 0 Å². The van der Waals surface area contributed by atoms with E-state index >= 15 is 0 Å². The van der Waals surface area contributed by atoms with Gasteiger partial charge in [-0.3, -0.25) is 4.90 Å². The number of rotatable bonds is 5. The van der Waals surface area contributed by atoms with Gasteiger partial charge in [-0.05, 0) is 35.9 Å². The minimum absolute atomic E-state index is 0.0291. The molecule has 0 atom stereocenters. The Hall–Kier alpha value is -3.30. The number of halogens is 2. The van der Waals surface area contributed by atoms with Gasteiger partial charge in [0.2, 0.25) is 6.79 Å². The van der Waals surface area contributed by atoms with E-state index in [9.17, 15) is 4.39 Å². The van der Waals surface area contributed by atoms with Crippen molar-refractivity contribution in [1.29, 1.82) is 0 Å². The first kappa shape index (κ1) is 20.6. The minimum atomic E-state index is -0.479. The first-order valence-electron chi connectivity index (χ1n) is 10.3. The number of hydrogen-bond acceptors (Lipinski definition) is 8. The van der Waals surface area contributed by atoms with E-state index in [1.54, 1.807) is 6.07 Å². The quantitative estimate of drug-likeness (QED) is 0.601. The Kier molecular flexibility index (Phi) is 5.59. The third-order valence-corrected chi connectivity index (χ3v) is 5.85. The molecule has 8 nitrogen and oxygen atoms in total. The maximum absolute atomic E-state index is 13.4. The van der Waals surface area contributed by atoms with Crippen LogP contribution in [0.15, 0.2) is 42.7 Å². The maximum atomic E-state index is 13.4. The number of nitrogens with one attached hydrogen (secondary N) is 1. The van der Waals surface area contributed by atoms with Crippen molar-refractivity contribution < 1.29 is 13.9 Å². The maximum Gasteiger partial charge on any atom is 0.231 e. The summed E-state index contributed by atoms with van der Waals surface area (Å²) in [5.41, 5.74) is 8.59. The third-order valence-electron chi connectivity index (χ3n) is 5.56. The van der Waals surface area contributed by atoms with Crippen molar-refractivity contribution in [2.45, 2.75) is 6.54 Å². The summed E-state index contributed by atoms with van der Waals surface area (Å²) in [5, 5.41) is 3.12. The number of hydrogen-bond donors (Lipinski definition) is 2. The molecule has 0 bridgehead atoms. The summed E-state index contributed by atoms with van der Waals surface area (Å²) in [6, 6.07) is 10.4. The Morgan fingerprint density at radius 3 is 2.66 bits per heavy atom. The summed E-state index contributed by atoms with van der Waals surface area (Å²) in [7, 11) is 0. The first-order valence-corrected chi connectivity index (χ1v) is 10.6. The number of fused-ring (bicyclic) bond motifs is 1. The van der Waals surface area contributed by atoms with Crippen molar-refractivity contribution in [2.75, 3.05) is 48.9 Å². The molecule has 2 aromatic carbocycles. The van der Waals surface area contributed by atoms with Crippen LogP contribution in [0.2, 0.25) is 5.02 Å². The van der Waals surface area contributed by atoms with Crippen LogP contribution in [-0.2, 0) is 6.54 Å². The van der Waals surface area contributed by atoms with Gasteiger partial charge in [-0.2, -0.15) is 0 Å². The molecule has 0 saturated carbocycles. The van der Waals surface area contributed by atoms with Gasteiger partial charge in [-0.15, -0.1) is 0 Å². The van der Waals surface area contributed by atoms with Gasteiger partial charge in [-0.25, -0.2) is 14.4 Å². The van der Waals surface area contributed by atoms with Crippen LogP contribution in [0.25, 0.3) is 0 Å². The molecule has 0 amide bonds. The SMILES string of the molecule is Nc1c(Nc2ccc(F)c(Cl)c2)ncnc1N1CCN(Cc2ccc3c(c2)OCO3)CC1. The number of nitrogens with two attached hydrogens (primary N) is 1. The molecule has 0 aliphatic carbocycles. The second-order valence-electron chi connectivity index (χ2n) is 7.66. The lowest BCUT2D eigenvalue weighted by atomic mass is 10.1. The van der Waals surface area contributed by atoms with Gasteiger partial charge >= 0.3 is 0 Å². The summed E-state index contributed by atoms with van der Waals surface area (Å²) < 4.78 is 24.3. The average Bonchev–Trinajstić information content (AvgIpc) is 3.26.